The smallest absolute Gasteiger partial charge is 0.319 e. The number of piperidine rings is 1. The molecule has 0 saturated carbocycles. The maximum atomic E-state index is 11.8. The normalized spacial score (nSPS) is 15.1. The average Bonchev–Trinajstić information content (AvgIpc) is 2.61. The summed E-state index contributed by atoms with van der Waals surface area (Å²) in [5.74, 6) is 1.65. The summed E-state index contributed by atoms with van der Waals surface area (Å²) < 4.78 is 0. The van der Waals surface area contributed by atoms with Gasteiger partial charge >= 0.3 is 6.03 Å². The molecule has 1 aliphatic heterocycles. The van der Waals surface area contributed by atoms with Crippen LogP contribution in [0.2, 0.25) is 0 Å². The van der Waals surface area contributed by atoms with Gasteiger partial charge in [-0.05, 0) is 37.3 Å². The third-order valence-corrected chi connectivity index (χ3v) is 4.45. The third-order valence-electron chi connectivity index (χ3n) is 4.45. The van der Waals surface area contributed by atoms with E-state index < -0.39 is 0 Å². The van der Waals surface area contributed by atoms with Gasteiger partial charge in [-0.2, -0.15) is 0 Å². The first kappa shape index (κ1) is 19.0. The SMILES string of the molecule is CNC(=O)C1CCN(c2ccc(NC(=O)NCCC(C)C)cn2)CC1. The number of pyridine rings is 1. The number of carbonyl (C=O) groups is 2. The van der Waals surface area contributed by atoms with Crippen molar-refractivity contribution in [2.24, 2.45) is 11.8 Å². The van der Waals surface area contributed by atoms with E-state index in [1.165, 1.54) is 0 Å². The second-order valence-electron chi connectivity index (χ2n) is 6.84. The van der Waals surface area contributed by atoms with Crippen LogP contribution in [-0.4, -0.2) is 43.6 Å². The first-order valence-electron chi connectivity index (χ1n) is 8.97. The summed E-state index contributed by atoms with van der Waals surface area (Å²) in [6, 6.07) is 3.56. The molecule has 0 radical (unpaired) electrons. The van der Waals surface area contributed by atoms with Crippen molar-refractivity contribution >= 4 is 23.4 Å². The highest BCUT2D eigenvalue weighted by Crippen LogP contribution is 2.22. The lowest BCUT2D eigenvalue weighted by Crippen LogP contribution is -2.39. The molecule has 2 rings (SSSR count). The quantitative estimate of drug-likeness (QED) is 0.736. The molecule has 1 aliphatic rings. The summed E-state index contributed by atoms with van der Waals surface area (Å²) in [6.07, 6.45) is 4.29. The van der Waals surface area contributed by atoms with Crippen LogP contribution in [0.1, 0.15) is 33.1 Å². The van der Waals surface area contributed by atoms with Gasteiger partial charge in [0, 0.05) is 32.6 Å². The number of anilines is 2. The molecule has 3 N–H and O–H groups in total. The van der Waals surface area contributed by atoms with Crippen molar-refractivity contribution < 1.29 is 9.59 Å². The molecule has 0 aromatic carbocycles. The van der Waals surface area contributed by atoms with Gasteiger partial charge in [0.05, 0.1) is 11.9 Å². The van der Waals surface area contributed by atoms with E-state index in [9.17, 15) is 9.59 Å². The van der Waals surface area contributed by atoms with Crippen LogP contribution in [0.4, 0.5) is 16.3 Å². The van der Waals surface area contributed by atoms with E-state index in [0.29, 0.717) is 18.2 Å². The summed E-state index contributed by atoms with van der Waals surface area (Å²) in [7, 11) is 1.68. The van der Waals surface area contributed by atoms with Crippen LogP contribution in [0.25, 0.3) is 0 Å². The van der Waals surface area contributed by atoms with Crippen LogP contribution in [0.5, 0.6) is 0 Å². The standard InChI is InChI=1S/C18H29N5O2/c1-13(2)6-9-20-18(25)22-15-4-5-16(21-12-15)23-10-7-14(8-11-23)17(24)19-3/h4-5,12-14H,6-11H2,1-3H3,(H,19,24)(H2,20,22,25). The molecule has 0 atom stereocenters. The van der Waals surface area contributed by atoms with Gasteiger partial charge in [-0.3, -0.25) is 4.79 Å². The summed E-state index contributed by atoms with van der Waals surface area (Å²) in [4.78, 5) is 30.1. The zero-order valence-corrected chi connectivity index (χ0v) is 15.3. The number of aromatic nitrogens is 1. The Bertz CT molecular complexity index is 565. The van der Waals surface area contributed by atoms with Gasteiger partial charge < -0.3 is 20.9 Å². The maximum absolute atomic E-state index is 11.8. The van der Waals surface area contributed by atoms with Crippen molar-refractivity contribution in [3.63, 3.8) is 0 Å². The largest absolute Gasteiger partial charge is 0.359 e. The Morgan fingerprint density at radius 1 is 1.28 bits per heavy atom. The van der Waals surface area contributed by atoms with E-state index in [0.717, 1.165) is 38.2 Å². The number of rotatable bonds is 6. The van der Waals surface area contributed by atoms with Crippen molar-refractivity contribution in [2.75, 3.05) is 36.9 Å². The highest BCUT2D eigenvalue weighted by atomic mass is 16.2. The number of hydrogen-bond donors (Lipinski definition) is 3. The minimum absolute atomic E-state index is 0.0942. The lowest BCUT2D eigenvalue weighted by molar-refractivity contribution is -0.125. The lowest BCUT2D eigenvalue weighted by atomic mass is 9.96. The van der Waals surface area contributed by atoms with Crippen LogP contribution in [0, 0.1) is 11.8 Å². The number of urea groups is 1. The predicted octanol–water partition coefficient (Wildman–Crippen LogP) is 2.21. The molecule has 1 saturated heterocycles. The van der Waals surface area contributed by atoms with Gasteiger partial charge in [0.2, 0.25) is 5.91 Å². The molecule has 0 aliphatic carbocycles. The zero-order valence-electron chi connectivity index (χ0n) is 15.3. The highest BCUT2D eigenvalue weighted by molar-refractivity contribution is 5.89. The zero-order chi connectivity index (χ0) is 18.2. The summed E-state index contributed by atoms with van der Waals surface area (Å²) >= 11 is 0. The number of nitrogens with one attached hydrogen (secondary N) is 3. The van der Waals surface area contributed by atoms with Crippen LogP contribution >= 0.6 is 0 Å². The first-order valence-corrected chi connectivity index (χ1v) is 8.97. The second kappa shape index (κ2) is 9.25. The molecule has 0 unspecified atom stereocenters. The molecule has 1 aromatic heterocycles. The van der Waals surface area contributed by atoms with Crippen molar-refractivity contribution in [2.45, 2.75) is 33.1 Å². The average molecular weight is 347 g/mol. The Kier molecular flexibility index (Phi) is 7.03. The molecule has 0 bridgehead atoms. The van der Waals surface area contributed by atoms with Gasteiger partial charge in [-0.15, -0.1) is 0 Å². The van der Waals surface area contributed by atoms with E-state index in [-0.39, 0.29) is 17.9 Å². The Morgan fingerprint density at radius 3 is 2.56 bits per heavy atom. The fraction of sp³-hybridized carbons (Fsp3) is 0.611. The number of hydrogen-bond acceptors (Lipinski definition) is 4. The molecular weight excluding hydrogens is 318 g/mol. The Morgan fingerprint density at radius 2 is 2.00 bits per heavy atom. The van der Waals surface area contributed by atoms with Crippen molar-refractivity contribution in [1.82, 2.24) is 15.6 Å². The van der Waals surface area contributed by atoms with E-state index in [1.807, 2.05) is 12.1 Å². The molecule has 7 heteroatoms. The summed E-state index contributed by atoms with van der Waals surface area (Å²) in [5, 5.41) is 8.34. The third kappa shape index (κ3) is 5.92. The highest BCUT2D eigenvalue weighted by Gasteiger charge is 2.24. The fourth-order valence-corrected chi connectivity index (χ4v) is 2.87. The molecule has 0 spiro atoms. The van der Waals surface area contributed by atoms with E-state index >= 15 is 0 Å². The number of amides is 3. The van der Waals surface area contributed by atoms with Gasteiger partial charge in [-0.25, -0.2) is 9.78 Å². The Labute approximate surface area is 149 Å². The van der Waals surface area contributed by atoms with Crippen LogP contribution in [0.15, 0.2) is 18.3 Å². The van der Waals surface area contributed by atoms with Crippen LogP contribution in [-0.2, 0) is 4.79 Å². The van der Waals surface area contributed by atoms with Gasteiger partial charge in [0.1, 0.15) is 5.82 Å². The van der Waals surface area contributed by atoms with Crippen LogP contribution in [0.3, 0.4) is 0 Å². The van der Waals surface area contributed by atoms with Crippen molar-refractivity contribution in [3.8, 4) is 0 Å². The molecule has 7 nitrogen and oxygen atoms in total. The molecular formula is C18H29N5O2. The minimum atomic E-state index is -0.207. The number of carbonyl (C=O) groups excluding carboxylic acids is 2. The van der Waals surface area contributed by atoms with Gasteiger partial charge in [0.15, 0.2) is 0 Å². The van der Waals surface area contributed by atoms with Crippen molar-refractivity contribution in [1.29, 1.82) is 0 Å². The molecule has 138 valence electrons. The molecule has 25 heavy (non-hydrogen) atoms. The maximum Gasteiger partial charge on any atom is 0.319 e. The van der Waals surface area contributed by atoms with E-state index in [2.05, 4.69) is 39.7 Å². The lowest BCUT2D eigenvalue weighted by Gasteiger charge is -2.32. The topological polar surface area (TPSA) is 86.4 Å². The van der Waals surface area contributed by atoms with Gasteiger partial charge in [-0.1, -0.05) is 13.8 Å². The fourth-order valence-electron chi connectivity index (χ4n) is 2.87. The Hall–Kier alpha value is -2.31. The van der Waals surface area contributed by atoms with E-state index in [4.69, 9.17) is 0 Å². The monoisotopic (exact) mass is 347 g/mol. The van der Waals surface area contributed by atoms with Gasteiger partial charge in [0.25, 0.3) is 0 Å². The summed E-state index contributed by atoms with van der Waals surface area (Å²) in [5.41, 5.74) is 0.672. The Balaban J connectivity index is 1.80. The first-order chi connectivity index (χ1) is 12.0. The molecule has 2 heterocycles. The number of nitrogens with zero attached hydrogens (tertiary/aromatic N) is 2. The predicted molar refractivity (Wildman–Crippen MR) is 99.7 cm³/mol. The van der Waals surface area contributed by atoms with Crippen LogP contribution < -0.4 is 20.9 Å². The van der Waals surface area contributed by atoms with Crippen molar-refractivity contribution in [3.05, 3.63) is 18.3 Å². The minimum Gasteiger partial charge on any atom is -0.359 e. The molecule has 1 fully saturated rings. The molecule has 3 amide bonds. The second-order valence-corrected chi connectivity index (χ2v) is 6.84. The molecule has 1 aromatic rings. The summed E-state index contributed by atoms with van der Waals surface area (Å²) in [6.45, 7) is 6.54. The van der Waals surface area contributed by atoms with E-state index in [1.54, 1.807) is 13.2 Å².